The van der Waals surface area contributed by atoms with Gasteiger partial charge in [0.15, 0.2) is 23.2 Å². The summed E-state index contributed by atoms with van der Waals surface area (Å²) in [6.45, 7) is 0. The van der Waals surface area contributed by atoms with E-state index in [9.17, 15) is 14.0 Å². The fraction of sp³-hybridized carbons (Fsp3) is 0. The summed E-state index contributed by atoms with van der Waals surface area (Å²) in [7, 11) is 0. The quantitative estimate of drug-likeness (QED) is 0.807. The van der Waals surface area contributed by atoms with Crippen molar-refractivity contribution in [1.29, 1.82) is 0 Å². The van der Waals surface area contributed by atoms with Crippen LogP contribution in [-0.2, 0) is 0 Å². The average molecular weight is 292 g/mol. The van der Waals surface area contributed by atoms with E-state index >= 15 is 0 Å². The topological polar surface area (TPSA) is 73.6 Å². The van der Waals surface area contributed by atoms with Gasteiger partial charge in [0.05, 0.1) is 6.20 Å². The first-order valence-electron chi connectivity index (χ1n) is 5.94. The zero-order valence-corrected chi connectivity index (χ0v) is 10.5. The molecule has 0 spiro atoms. The van der Waals surface area contributed by atoms with Crippen molar-refractivity contribution in [3.05, 3.63) is 60.2 Å². The van der Waals surface area contributed by atoms with E-state index in [4.69, 9.17) is 4.42 Å². The van der Waals surface area contributed by atoms with Crippen LogP contribution in [0.25, 0.3) is 11.3 Å². The van der Waals surface area contributed by atoms with Crippen LogP contribution in [0, 0.1) is 11.6 Å². The zero-order chi connectivity index (χ0) is 14.8. The van der Waals surface area contributed by atoms with Gasteiger partial charge in [0, 0.05) is 11.8 Å². The van der Waals surface area contributed by atoms with Crippen LogP contribution < -0.4 is 10.7 Å². The van der Waals surface area contributed by atoms with Crippen molar-refractivity contribution < 1.29 is 18.4 Å². The number of hydrogen-bond acceptors (Lipinski definition) is 6. The zero-order valence-electron chi connectivity index (χ0n) is 10.5. The van der Waals surface area contributed by atoms with Crippen molar-refractivity contribution in [3.63, 3.8) is 0 Å². The highest BCUT2D eigenvalue weighted by molar-refractivity contribution is 5.57. The van der Waals surface area contributed by atoms with Crippen LogP contribution in [0.15, 0.2) is 53.0 Å². The van der Waals surface area contributed by atoms with Gasteiger partial charge in [-0.2, -0.15) is 0 Å². The number of oxazole rings is 1. The summed E-state index contributed by atoms with van der Waals surface area (Å²) in [4.78, 5) is 3.95. The lowest BCUT2D eigenvalue weighted by atomic mass is 10.2. The summed E-state index contributed by atoms with van der Waals surface area (Å²) in [5.41, 5.74) is 2.87. The lowest BCUT2D eigenvalue weighted by Gasteiger charge is -2.21. The molecule has 1 aliphatic heterocycles. The monoisotopic (exact) mass is 292 g/mol. The van der Waals surface area contributed by atoms with Crippen LogP contribution in [-0.4, -0.2) is 15.4 Å². The summed E-state index contributed by atoms with van der Waals surface area (Å²) in [6.07, 6.45) is 6.13. The minimum Gasteiger partial charge on any atom is -0.423 e. The number of hydrogen-bond donors (Lipinski definition) is 3. The molecular formula is C13H10F2N4O2. The van der Waals surface area contributed by atoms with E-state index in [2.05, 4.69) is 15.7 Å². The molecule has 3 N–H and O–H groups in total. The van der Waals surface area contributed by atoms with Gasteiger partial charge in [-0.1, -0.05) is 0 Å². The molecule has 2 aromatic rings. The maximum absolute atomic E-state index is 13.2. The van der Waals surface area contributed by atoms with Gasteiger partial charge in [0.1, 0.15) is 0 Å². The van der Waals surface area contributed by atoms with Gasteiger partial charge in [0.2, 0.25) is 0 Å². The number of aromatic nitrogens is 1. The minimum absolute atomic E-state index is 0.0946. The van der Waals surface area contributed by atoms with Crippen LogP contribution in [0.4, 0.5) is 14.8 Å². The number of nitrogens with one attached hydrogen (secondary N) is 2. The maximum Gasteiger partial charge on any atom is 0.300 e. The van der Waals surface area contributed by atoms with Crippen LogP contribution in [0.2, 0.25) is 0 Å². The SMILES string of the molecule is ON1NC=CC=C1Nc1ncc(-c2ccc(F)c(F)c2)o1. The Morgan fingerprint density at radius 1 is 1.29 bits per heavy atom. The van der Waals surface area contributed by atoms with Crippen molar-refractivity contribution in [1.82, 2.24) is 15.6 Å². The van der Waals surface area contributed by atoms with Gasteiger partial charge in [-0.3, -0.25) is 15.9 Å². The van der Waals surface area contributed by atoms with E-state index in [0.717, 1.165) is 17.3 Å². The molecule has 0 fully saturated rings. The molecule has 0 radical (unpaired) electrons. The Bertz CT molecular complexity index is 727. The molecule has 1 aromatic carbocycles. The number of hydrazine groups is 1. The first-order valence-corrected chi connectivity index (χ1v) is 5.94. The van der Waals surface area contributed by atoms with E-state index in [0.29, 0.717) is 5.56 Å². The largest absolute Gasteiger partial charge is 0.423 e. The number of hydroxylamine groups is 1. The third-order valence-electron chi connectivity index (χ3n) is 2.72. The molecule has 1 aliphatic rings. The number of anilines is 1. The van der Waals surface area contributed by atoms with Gasteiger partial charge in [-0.05, 0) is 30.4 Å². The first kappa shape index (κ1) is 13.1. The van der Waals surface area contributed by atoms with E-state index < -0.39 is 11.6 Å². The molecule has 8 heteroatoms. The molecule has 0 unspecified atom stereocenters. The summed E-state index contributed by atoms with van der Waals surface area (Å²) >= 11 is 0. The summed E-state index contributed by atoms with van der Waals surface area (Å²) < 4.78 is 31.4. The predicted octanol–water partition coefficient (Wildman–Crippen LogP) is 2.60. The van der Waals surface area contributed by atoms with E-state index in [1.165, 1.54) is 18.5 Å². The Labute approximate surface area is 117 Å². The third-order valence-corrected chi connectivity index (χ3v) is 2.72. The van der Waals surface area contributed by atoms with E-state index in [1.807, 2.05) is 0 Å². The number of nitrogens with zero attached hydrogens (tertiary/aromatic N) is 2. The smallest absolute Gasteiger partial charge is 0.300 e. The number of benzene rings is 1. The average Bonchev–Trinajstić information content (AvgIpc) is 2.93. The second kappa shape index (κ2) is 5.25. The number of rotatable bonds is 3. The molecule has 0 saturated heterocycles. The summed E-state index contributed by atoms with van der Waals surface area (Å²) in [5, 5.41) is 13.0. The van der Waals surface area contributed by atoms with Crippen LogP contribution in [0.5, 0.6) is 0 Å². The van der Waals surface area contributed by atoms with Crippen LogP contribution >= 0.6 is 0 Å². The maximum atomic E-state index is 13.2. The molecule has 0 bridgehead atoms. The second-order valence-corrected chi connectivity index (χ2v) is 4.14. The number of halogens is 2. The molecule has 3 rings (SSSR count). The van der Waals surface area contributed by atoms with E-state index in [1.54, 1.807) is 12.2 Å². The standard InChI is InChI=1S/C13H10F2N4O2/c14-9-4-3-8(6-10(9)15)11-7-16-13(21-11)18-12-2-1-5-17-19(12)20/h1-7,17,20H,(H,16,18). The molecule has 6 nitrogen and oxygen atoms in total. The van der Waals surface area contributed by atoms with Crippen molar-refractivity contribution in [2.24, 2.45) is 0 Å². The fourth-order valence-electron chi connectivity index (χ4n) is 1.71. The van der Waals surface area contributed by atoms with Crippen molar-refractivity contribution >= 4 is 6.01 Å². The van der Waals surface area contributed by atoms with E-state index in [-0.39, 0.29) is 17.6 Å². The predicted molar refractivity (Wildman–Crippen MR) is 69.5 cm³/mol. The molecule has 2 heterocycles. The Morgan fingerprint density at radius 3 is 2.90 bits per heavy atom. The Morgan fingerprint density at radius 2 is 2.14 bits per heavy atom. The van der Waals surface area contributed by atoms with Crippen molar-refractivity contribution in [2.75, 3.05) is 5.32 Å². The third kappa shape index (κ3) is 2.70. The van der Waals surface area contributed by atoms with Crippen LogP contribution in [0.1, 0.15) is 0 Å². The van der Waals surface area contributed by atoms with Crippen molar-refractivity contribution in [2.45, 2.75) is 0 Å². The van der Waals surface area contributed by atoms with Gasteiger partial charge in [0.25, 0.3) is 0 Å². The van der Waals surface area contributed by atoms with Crippen LogP contribution in [0.3, 0.4) is 0 Å². The van der Waals surface area contributed by atoms with Gasteiger partial charge in [-0.25, -0.2) is 13.8 Å². The Kier molecular flexibility index (Phi) is 3.28. The second-order valence-electron chi connectivity index (χ2n) is 4.14. The summed E-state index contributed by atoms with van der Waals surface area (Å²) in [6, 6.07) is 3.50. The molecule has 0 saturated carbocycles. The Balaban J connectivity index is 1.81. The number of allylic oxidation sites excluding steroid dienone is 2. The normalized spacial score (nSPS) is 13.9. The molecule has 21 heavy (non-hydrogen) atoms. The highest BCUT2D eigenvalue weighted by Crippen LogP contribution is 2.24. The lowest BCUT2D eigenvalue weighted by molar-refractivity contribution is -0.0891. The summed E-state index contributed by atoms with van der Waals surface area (Å²) in [5.74, 6) is -1.35. The molecule has 0 atom stereocenters. The van der Waals surface area contributed by atoms with Gasteiger partial charge < -0.3 is 4.42 Å². The van der Waals surface area contributed by atoms with Crippen molar-refractivity contribution in [3.8, 4) is 11.3 Å². The highest BCUT2D eigenvalue weighted by atomic mass is 19.2. The highest BCUT2D eigenvalue weighted by Gasteiger charge is 2.13. The first-order chi connectivity index (χ1) is 10.1. The molecule has 1 aromatic heterocycles. The minimum atomic E-state index is -0.968. The molecule has 0 amide bonds. The fourth-order valence-corrected chi connectivity index (χ4v) is 1.71. The molecule has 108 valence electrons. The molecule has 0 aliphatic carbocycles. The molecular weight excluding hydrogens is 282 g/mol. The Hall–Kier alpha value is -2.87. The van der Waals surface area contributed by atoms with Gasteiger partial charge in [-0.15, -0.1) is 5.17 Å². The van der Waals surface area contributed by atoms with Gasteiger partial charge >= 0.3 is 6.01 Å². The lowest BCUT2D eigenvalue weighted by Crippen LogP contribution is -2.34.